The minimum absolute atomic E-state index is 0.169. The topological polar surface area (TPSA) is 177 Å². The van der Waals surface area contributed by atoms with E-state index in [9.17, 15) is 43.2 Å². The lowest BCUT2D eigenvalue weighted by molar-refractivity contribution is -0.138. The molecule has 6 aliphatic rings. The molecule has 17 nitrogen and oxygen atoms in total. The maximum atomic E-state index is 13.3. The van der Waals surface area contributed by atoms with Crippen molar-refractivity contribution in [2.75, 3.05) is 105 Å². The van der Waals surface area contributed by atoms with E-state index in [2.05, 4.69) is 101 Å². The van der Waals surface area contributed by atoms with E-state index >= 15 is 0 Å². The van der Waals surface area contributed by atoms with Gasteiger partial charge in [0.15, 0.2) is 0 Å². The zero-order valence-corrected chi connectivity index (χ0v) is 56.6. The van der Waals surface area contributed by atoms with Crippen LogP contribution in [0, 0.1) is 10.8 Å². The molecule has 2 aliphatic carbocycles. The van der Waals surface area contributed by atoms with Crippen LogP contribution >= 0.6 is 10.7 Å². The third-order valence-electron chi connectivity index (χ3n) is 19.3. The Hall–Kier alpha value is -6.25. The molecular weight excluding hydrogens is 1280 g/mol. The molecule has 94 heavy (non-hydrogen) atoms. The van der Waals surface area contributed by atoms with Crippen LogP contribution in [-0.2, 0) is 44.3 Å². The highest BCUT2D eigenvalue weighted by Crippen LogP contribution is 2.45. The van der Waals surface area contributed by atoms with Gasteiger partial charge >= 0.3 is 12.4 Å². The van der Waals surface area contributed by atoms with Crippen molar-refractivity contribution < 1.29 is 43.2 Å². The zero-order valence-electron chi connectivity index (χ0n) is 54.2. The molecule has 8 heterocycles. The Balaban J connectivity index is 0.000000175. The van der Waals surface area contributed by atoms with Gasteiger partial charge in [0.25, 0.3) is 9.05 Å². The largest absolute Gasteiger partial charge is 0.416 e. The molecule has 1 N–H and O–H groups in total. The van der Waals surface area contributed by atoms with Crippen molar-refractivity contribution in [1.29, 1.82) is 0 Å². The quantitative estimate of drug-likeness (QED) is 0.0433. The van der Waals surface area contributed by atoms with Gasteiger partial charge in [0, 0.05) is 142 Å². The summed E-state index contributed by atoms with van der Waals surface area (Å²) in [4.78, 5) is 38.2. The number of hydrogen-bond donors (Lipinski definition) is 1. The molecule has 4 aromatic heterocycles. The van der Waals surface area contributed by atoms with Crippen molar-refractivity contribution in [2.24, 2.45) is 10.8 Å². The number of pyridine rings is 2. The molecule has 0 unspecified atom stereocenters. The Morgan fingerprint density at radius 2 is 0.936 bits per heavy atom. The average Bonchev–Trinajstić information content (AvgIpc) is 1.36. The number of piperidine rings is 4. The number of anilines is 4. The van der Waals surface area contributed by atoms with Crippen molar-refractivity contribution in [3.05, 3.63) is 145 Å². The summed E-state index contributed by atoms with van der Waals surface area (Å²) in [6.45, 7) is 19.9. The summed E-state index contributed by atoms with van der Waals surface area (Å²) in [5.41, 5.74) is 3.43. The second-order valence-electron chi connectivity index (χ2n) is 25.4. The number of rotatable bonds is 20. The van der Waals surface area contributed by atoms with Crippen LogP contribution in [0.25, 0.3) is 0 Å². The van der Waals surface area contributed by atoms with Crippen LogP contribution in [0.2, 0.25) is 0 Å². The Morgan fingerprint density at radius 3 is 1.32 bits per heavy atom. The van der Waals surface area contributed by atoms with Gasteiger partial charge in [0.2, 0.25) is 21.9 Å². The van der Waals surface area contributed by atoms with E-state index in [1.165, 1.54) is 98.4 Å². The minimum atomic E-state index is -4.60. The van der Waals surface area contributed by atoms with Crippen LogP contribution in [0.4, 0.5) is 49.6 Å². The monoisotopic (exact) mass is 1370 g/mol. The van der Waals surface area contributed by atoms with Crippen LogP contribution in [0.5, 0.6) is 0 Å². The van der Waals surface area contributed by atoms with Gasteiger partial charge in [-0.3, -0.25) is 9.97 Å². The molecule has 2 saturated carbocycles. The highest BCUT2D eigenvalue weighted by Gasteiger charge is 2.42. The standard InChI is InChI=1S/C31H37F3N6O2S.C24H34N6.C7H4ClF3O2S.C6H15N/c32-31(33,34)24-3-1-5-28(23-24)43(41,42)40(27-6-7-27)18-2-4-25-8-17-36-29(37-25)39-21-13-30(14-22-39)11-19-38(20-12-30)26-9-15-35-16-10-26;1(12-26-20-3-4-20)2-21-5-15-27-23(28-21)30-18-10-24(11-19-30)8-16-29(17-9-24)22-6-13-25-14-7-22;8-14(12,13)6-3-1-2-5(4-6)7(9,10)11;1-4-7(5-2)6-3/h1,3,5,8-10,15-17,23,27H,2,4,6-7,11-14,18-22H2;5-7,13-15,20,26H,1-4,8-12,16-19H2;1-4H;4-6H2,1-3H3. The Bertz CT molecular complexity index is 3530. The molecule has 6 fully saturated rings. The minimum Gasteiger partial charge on any atom is -0.371 e. The van der Waals surface area contributed by atoms with Crippen LogP contribution in [0.1, 0.15) is 133 Å². The molecule has 12 rings (SSSR count). The number of halogens is 7. The van der Waals surface area contributed by atoms with Gasteiger partial charge in [0.05, 0.1) is 20.9 Å². The van der Waals surface area contributed by atoms with Crippen molar-refractivity contribution in [1.82, 2.24) is 44.4 Å². The average molecular weight is 1370 g/mol. The summed E-state index contributed by atoms with van der Waals surface area (Å²) in [6.07, 6.45) is 19.1. The van der Waals surface area contributed by atoms with Crippen LogP contribution in [0.3, 0.4) is 0 Å². The number of benzene rings is 2. The SMILES string of the molecule is CCN(CC)CC.O=S(=O)(Cl)c1cccc(C(F)(F)F)c1.O=S(=O)(c1cccc(C(F)(F)F)c1)N(CCCc1ccnc(N2CCC3(CCN(c4ccncc4)CC3)CC2)n1)C1CC1.c1cc(N2CCC3(CC2)CCN(c2nccc(CCCNC4CC4)n2)CC3)ccn1. The predicted octanol–water partition coefficient (Wildman–Crippen LogP) is 13.0. The van der Waals surface area contributed by atoms with E-state index in [0.29, 0.717) is 48.5 Å². The molecule has 0 radical (unpaired) electrons. The van der Waals surface area contributed by atoms with Gasteiger partial charge in [0.1, 0.15) is 0 Å². The summed E-state index contributed by atoms with van der Waals surface area (Å²) in [5, 5.41) is 3.59. The molecule has 6 aromatic rings. The van der Waals surface area contributed by atoms with Crippen molar-refractivity contribution in [2.45, 2.75) is 158 Å². The zero-order chi connectivity index (χ0) is 67.0. The molecule has 0 bridgehead atoms. The summed E-state index contributed by atoms with van der Waals surface area (Å²) < 4.78 is 125. The van der Waals surface area contributed by atoms with E-state index < -0.39 is 47.4 Å². The van der Waals surface area contributed by atoms with E-state index in [1.807, 2.05) is 37.1 Å². The fourth-order valence-electron chi connectivity index (χ4n) is 12.9. The fraction of sp³-hybridized carbons (Fsp3) is 0.559. The second-order valence-corrected chi connectivity index (χ2v) is 29.9. The molecule has 2 aromatic carbocycles. The van der Waals surface area contributed by atoms with Crippen LogP contribution in [-0.4, -0.2) is 153 Å². The van der Waals surface area contributed by atoms with Gasteiger partial charge in [-0.05, 0) is 213 Å². The molecule has 4 saturated heterocycles. The third kappa shape index (κ3) is 20.6. The first-order chi connectivity index (χ1) is 45.0. The second kappa shape index (κ2) is 32.7. The Morgan fingerprint density at radius 1 is 0.532 bits per heavy atom. The first-order valence-electron chi connectivity index (χ1n) is 33.2. The number of alkyl halides is 6. The Kier molecular flexibility index (Phi) is 25.0. The fourth-order valence-corrected chi connectivity index (χ4v) is 15.5. The number of sulfonamides is 1. The van der Waals surface area contributed by atoms with E-state index in [4.69, 9.17) is 20.7 Å². The number of nitrogens with zero attached hydrogens (tertiary/aromatic N) is 12. The van der Waals surface area contributed by atoms with E-state index in [1.54, 1.807) is 6.20 Å². The maximum Gasteiger partial charge on any atom is 0.416 e. The number of nitrogens with one attached hydrogen (secondary N) is 1. The first-order valence-corrected chi connectivity index (χ1v) is 36.9. The highest BCUT2D eigenvalue weighted by molar-refractivity contribution is 8.13. The van der Waals surface area contributed by atoms with Gasteiger partial charge in [-0.1, -0.05) is 32.9 Å². The van der Waals surface area contributed by atoms with Crippen LogP contribution < -0.4 is 24.9 Å². The number of aryl methyl sites for hydroxylation is 2. The molecule has 26 heteroatoms. The van der Waals surface area contributed by atoms with Crippen LogP contribution in [0.15, 0.2) is 132 Å². The first kappa shape index (κ1) is 72.0. The summed E-state index contributed by atoms with van der Waals surface area (Å²) in [7, 11) is -3.27. The molecule has 0 amide bonds. The number of aromatic nitrogens is 6. The highest BCUT2D eigenvalue weighted by atomic mass is 35.7. The maximum absolute atomic E-state index is 13.3. The third-order valence-corrected chi connectivity index (χ3v) is 22.6. The molecular formula is C68H90ClF6N13O4S2. The lowest BCUT2D eigenvalue weighted by atomic mass is 9.71. The van der Waals surface area contributed by atoms with Gasteiger partial charge in [-0.25, -0.2) is 36.8 Å². The smallest absolute Gasteiger partial charge is 0.371 e. The van der Waals surface area contributed by atoms with Crippen molar-refractivity contribution in [3.63, 3.8) is 0 Å². The lowest BCUT2D eigenvalue weighted by Crippen LogP contribution is -2.47. The summed E-state index contributed by atoms with van der Waals surface area (Å²) in [5.74, 6) is 1.64. The lowest BCUT2D eigenvalue weighted by Gasteiger charge is -2.47. The molecule has 2 spiro atoms. The molecule has 512 valence electrons. The summed E-state index contributed by atoms with van der Waals surface area (Å²) in [6, 6.07) is 20.2. The Labute approximate surface area is 555 Å². The van der Waals surface area contributed by atoms with Gasteiger partial charge < -0.3 is 29.8 Å². The predicted molar refractivity (Wildman–Crippen MR) is 357 cm³/mol. The van der Waals surface area contributed by atoms with Gasteiger partial charge in [-0.2, -0.15) is 30.6 Å². The summed E-state index contributed by atoms with van der Waals surface area (Å²) >= 11 is 0. The number of hydrogen-bond acceptors (Lipinski definition) is 16. The van der Waals surface area contributed by atoms with E-state index in [0.717, 1.165) is 139 Å². The van der Waals surface area contributed by atoms with Crippen molar-refractivity contribution >= 4 is 53.0 Å². The van der Waals surface area contributed by atoms with Gasteiger partial charge in [-0.15, -0.1) is 0 Å². The van der Waals surface area contributed by atoms with Crippen molar-refractivity contribution in [3.8, 4) is 0 Å². The molecule has 4 aliphatic heterocycles. The van der Waals surface area contributed by atoms with E-state index in [-0.39, 0.29) is 17.5 Å². The molecule has 0 atom stereocenters. The normalized spacial score (nSPS) is 18.3.